The van der Waals surface area contributed by atoms with Crippen LogP contribution in [0.3, 0.4) is 0 Å². The number of aromatic nitrogens is 1. The van der Waals surface area contributed by atoms with E-state index in [2.05, 4.69) is 10.3 Å². The van der Waals surface area contributed by atoms with Crippen molar-refractivity contribution < 1.29 is 14.0 Å². The number of amides is 2. The summed E-state index contributed by atoms with van der Waals surface area (Å²) in [5.41, 5.74) is 2.00. The van der Waals surface area contributed by atoms with Gasteiger partial charge in [0.2, 0.25) is 5.91 Å². The number of benzene rings is 1. The Bertz CT molecular complexity index is 810. The smallest absolute Gasteiger partial charge is 0.251 e. The van der Waals surface area contributed by atoms with E-state index in [1.165, 1.54) is 18.2 Å². The fourth-order valence-electron chi connectivity index (χ4n) is 3.62. The van der Waals surface area contributed by atoms with Gasteiger partial charge in [0.25, 0.3) is 5.91 Å². The maximum absolute atomic E-state index is 13.2. The molecule has 1 N–H and O–H groups in total. The normalized spacial score (nSPS) is 19.7. The first-order valence-corrected chi connectivity index (χ1v) is 8.75. The number of hydrogen-bond donors (Lipinski definition) is 1. The van der Waals surface area contributed by atoms with Gasteiger partial charge in [-0.3, -0.25) is 14.6 Å². The van der Waals surface area contributed by atoms with Gasteiger partial charge in [-0.05, 0) is 49.2 Å². The zero-order valence-corrected chi connectivity index (χ0v) is 14.9. The Morgan fingerprint density at radius 2 is 2.19 bits per heavy atom. The Hall–Kier alpha value is -2.76. The lowest BCUT2D eigenvalue weighted by Gasteiger charge is -2.27. The van der Waals surface area contributed by atoms with Crippen molar-refractivity contribution in [1.29, 1.82) is 0 Å². The first-order valence-electron chi connectivity index (χ1n) is 8.75. The third-order valence-corrected chi connectivity index (χ3v) is 4.86. The maximum atomic E-state index is 13.2. The molecule has 1 aliphatic heterocycles. The number of nitrogens with zero attached hydrogens (tertiary/aromatic N) is 2. The van der Waals surface area contributed by atoms with Crippen LogP contribution in [0, 0.1) is 18.7 Å². The van der Waals surface area contributed by atoms with E-state index in [9.17, 15) is 14.0 Å². The molecule has 2 heterocycles. The van der Waals surface area contributed by atoms with Crippen molar-refractivity contribution in [3.8, 4) is 0 Å². The van der Waals surface area contributed by atoms with Crippen molar-refractivity contribution in [2.75, 3.05) is 13.1 Å². The van der Waals surface area contributed by atoms with Crippen molar-refractivity contribution in [3.63, 3.8) is 0 Å². The van der Waals surface area contributed by atoms with Crippen molar-refractivity contribution in [1.82, 2.24) is 15.2 Å². The first-order chi connectivity index (χ1) is 12.5. The molecule has 1 aromatic carbocycles. The number of hydrogen-bond acceptors (Lipinski definition) is 3. The van der Waals surface area contributed by atoms with Gasteiger partial charge in [0.1, 0.15) is 5.82 Å². The molecule has 136 valence electrons. The second-order valence-corrected chi connectivity index (χ2v) is 6.54. The van der Waals surface area contributed by atoms with Crippen LogP contribution in [0.1, 0.15) is 40.9 Å². The molecule has 1 fully saturated rings. The van der Waals surface area contributed by atoms with E-state index in [0.29, 0.717) is 30.6 Å². The van der Waals surface area contributed by atoms with Crippen LogP contribution in [0.25, 0.3) is 0 Å². The zero-order valence-electron chi connectivity index (χ0n) is 14.9. The molecule has 6 heteroatoms. The topological polar surface area (TPSA) is 62.3 Å². The number of rotatable bonds is 5. The van der Waals surface area contributed by atoms with Gasteiger partial charge < -0.3 is 10.2 Å². The number of halogens is 1. The highest BCUT2D eigenvalue weighted by molar-refractivity contribution is 5.95. The molecule has 3 rings (SSSR count). The molecule has 2 aromatic rings. The molecule has 0 bridgehead atoms. The van der Waals surface area contributed by atoms with Crippen LogP contribution in [0.5, 0.6) is 0 Å². The van der Waals surface area contributed by atoms with Crippen molar-refractivity contribution in [3.05, 3.63) is 65.2 Å². The molecule has 2 amide bonds. The van der Waals surface area contributed by atoms with E-state index in [4.69, 9.17) is 0 Å². The maximum Gasteiger partial charge on any atom is 0.251 e. The Morgan fingerprint density at radius 1 is 1.38 bits per heavy atom. The summed E-state index contributed by atoms with van der Waals surface area (Å²) >= 11 is 0. The number of carbonyl (C=O) groups excluding carboxylic acids is 2. The summed E-state index contributed by atoms with van der Waals surface area (Å²) in [6.07, 6.45) is 3.85. The summed E-state index contributed by atoms with van der Waals surface area (Å²) < 4.78 is 13.2. The quantitative estimate of drug-likeness (QED) is 0.897. The summed E-state index contributed by atoms with van der Waals surface area (Å²) in [5.74, 6) is -0.569. The third kappa shape index (κ3) is 3.59. The minimum absolute atomic E-state index is 0.0312. The lowest BCUT2D eigenvalue weighted by molar-refractivity contribution is -0.128. The van der Waals surface area contributed by atoms with Gasteiger partial charge in [-0.25, -0.2) is 4.39 Å². The van der Waals surface area contributed by atoms with Crippen molar-refractivity contribution in [2.45, 2.75) is 26.3 Å². The van der Waals surface area contributed by atoms with Crippen LogP contribution in [0.2, 0.25) is 0 Å². The van der Waals surface area contributed by atoms with Crippen molar-refractivity contribution >= 4 is 11.8 Å². The molecule has 26 heavy (non-hydrogen) atoms. The molecular formula is C20H22FN3O2. The number of carbonyl (C=O) groups is 2. The summed E-state index contributed by atoms with van der Waals surface area (Å²) in [5, 5.41) is 2.91. The number of nitrogens with one attached hydrogen (secondary N) is 1. The van der Waals surface area contributed by atoms with E-state index in [-0.39, 0.29) is 29.6 Å². The monoisotopic (exact) mass is 355 g/mol. The van der Waals surface area contributed by atoms with E-state index in [1.54, 1.807) is 19.3 Å². The Labute approximate surface area is 152 Å². The van der Waals surface area contributed by atoms with Crippen molar-refractivity contribution in [2.24, 2.45) is 5.92 Å². The van der Waals surface area contributed by atoms with Crippen LogP contribution in [-0.2, 0) is 4.79 Å². The van der Waals surface area contributed by atoms with E-state index in [1.807, 2.05) is 24.0 Å². The number of likely N-dealkylation sites (tertiary alicyclic amines) is 1. The molecule has 0 radical (unpaired) electrons. The van der Waals surface area contributed by atoms with E-state index >= 15 is 0 Å². The molecule has 1 aliphatic rings. The average molecular weight is 355 g/mol. The van der Waals surface area contributed by atoms with Gasteiger partial charge in [-0.15, -0.1) is 0 Å². The molecule has 0 spiro atoms. The predicted molar refractivity (Wildman–Crippen MR) is 95.9 cm³/mol. The predicted octanol–water partition coefficient (Wildman–Crippen LogP) is 2.87. The Morgan fingerprint density at radius 3 is 2.85 bits per heavy atom. The number of pyridine rings is 1. The van der Waals surface area contributed by atoms with Gasteiger partial charge in [0.05, 0.1) is 6.04 Å². The highest BCUT2D eigenvalue weighted by Crippen LogP contribution is 2.37. The Kier molecular flexibility index (Phi) is 5.30. The lowest BCUT2D eigenvalue weighted by atomic mass is 9.94. The average Bonchev–Trinajstić information content (AvgIpc) is 2.95. The molecular weight excluding hydrogens is 333 g/mol. The molecule has 0 aliphatic carbocycles. The van der Waals surface area contributed by atoms with Crippen LogP contribution in [0.4, 0.5) is 4.39 Å². The molecule has 0 saturated carbocycles. The minimum Gasteiger partial charge on any atom is -0.352 e. The van der Waals surface area contributed by atoms with E-state index in [0.717, 1.165) is 5.56 Å². The van der Waals surface area contributed by atoms with Crippen LogP contribution >= 0.6 is 0 Å². The van der Waals surface area contributed by atoms with E-state index < -0.39 is 0 Å². The summed E-state index contributed by atoms with van der Waals surface area (Å²) in [6, 6.07) is 7.80. The van der Waals surface area contributed by atoms with Gasteiger partial charge in [0.15, 0.2) is 0 Å². The zero-order chi connectivity index (χ0) is 18.7. The molecule has 1 aromatic heterocycles. The highest BCUT2D eigenvalue weighted by Gasteiger charge is 2.39. The first kappa shape index (κ1) is 18.0. The van der Waals surface area contributed by atoms with Gasteiger partial charge >= 0.3 is 0 Å². The van der Waals surface area contributed by atoms with Crippen LogP contribution < -0.4 is 5.32 Å². The molecule has 2 atom stereocenters. The summed E-state index contributed by atoms with van der Waals surface area (Å²) in [6.45, 7) is 4.63. The molecule has 5 nitrogen and oxygen atoms in total. The standard InChI is InChI=1S/C20H22FN3O2/c1-3-24-18(25)10-15(19(24)14-5-4-8-22-11-14)12-23-20(26)17-7-6-16(21)9-13(17)2/h4-9,11,15,19H,3,10,12H2,1-2H3,(H,23,26)/t15-,19-/m0/s1. The lowest BCUT2D eigenvalue weighted by Crippen LogP contribution is -2.34. The molecule has 1 saturated heterocycles. The summed E-state index contributed by atoms with van der Waals surface area (Å²) in [4.78, 5) is 30.8. The largest absolute Gasteiger partial charge is 0.352 e. The SMILES string of the molecule is CCN1C(=O)C[C@@H](CNC(=O)c2ccc(F)cc2C)[C@@H]1c1cccnc1. The van der Waals surface area contributed by atoms with Crippen LogP contribution in [0.15, 0.2) is 42.7 Å². The van der Waals surface area contributed by atoms with Gasteiger partial charge in [0, 0.05) is 43.4 Å². The fourth-order valence-corrected chi connectivity index (χ4v) is 3.62. The van der Waals surface area contributed by atoms with Gasteiger partial charge in [-0.2, -0.15) is 0 Å². The highest BCUT2D eigenvalue weighted by atomic mass is 19.1. The minimum atomic E-state index is -0.365. The van der Waals surface area contributed by atoms with Crippen LogP contribution in [-0.4, -0.2) is 34.8 Å². The second-order valence-electron chi connectivity index (χ2n) is 6.54. The fraction of sp³-hybridized carbons (Fsp3) is 0.350. The second kappa shape index (κ2) is 7.64. The number of aryl methyl sites for hydroxylation is 1. The summed E-state index contributed by atoms with van der Waals surface area (Å²) in [7, 11) is 0. The Balaban J connectivity index is 1.75. The third-order valence-electron chi connectivity index (χ3n) is 4.86. The van der Waals surface area contributed by atoms with Gasteiger partial charge in [-0.1, -0.05) is 6.07 Å². The molecule has 0 unspecified atom stereocenters.